The summed E-state index contributed by atoms with van der Waals surface area (Å²) in [4.78, 5) is 13.3. The van der Waals surface area contributed by atoms with Gasteiger partial charge in [0.15, 0.2) is 0 Å². The van der Waals surface area contributed by atoms with Crippen LogP contribution in [0.3, 0.4) is 0 Å². The summed E-state index contributed by atoms with van der Waals surface area (Å²) in [7, 11) is 0. The summed E-state index contributed by atoms with van der Waals surface area (Å²) >= 11 is 0. The Kier molecular flexibility index (Phi) is 6.45. The molecule has 174 valence electrons. The Balaban J connectivity index is 1.64. The van der Waals surface area contributed by atoms with Crippen LogP contribution >= 0.6 is 0 Å². The van der Waals surface area contributed by atoms with E-state index in [0.29, 0.717) is 22.6 Å². The first-order chi connectivity index (χ1) is 16.2. The Bertz CT molecular complexity index is 1210. The minimum absolute atomic E-state index is 0.0548. The molecular weight excluding hydrogens is 422 g/mol. The summed E-state index contributed by atoms with van der Waals surface area (Å²) in [5.41, 5.74) is 2.66. The number of nitrogens with one attached hydrogen (secondary N) is 2. The largest absolute Gasteiger partial charge is 0.455 e. The van der Waals surface area contributed by atoms with Crippen LogP contribution < -0.4 is 15.4 Å². The van der Waals surface area contributed by atoms with E-state index in [4.69, 9.17) is 4.74 Å². The number of rotatable bonds is 5. The molecule has 1 aliphatic heterocycles. The van der Waals surface area contributed by atoms with Gasteiger partial charge >= 0.3 is 0 Å². The molecule has 1 amide bonds. The maximum Gasteiger partial charge on any atom is 0.251 e. The average molecular weight is 454 g/mol. The molecule has 0 spiro atoms. The number of piperidine rings is 1. The van der Waals surface area contributed by atoms with Crippen molar-refractivity contribution in [3.05, 3.63) is 83.9 Å². The normalized spacial score (nSPS) is 16.9. The van der Waals surface area contributed by atoms with Crippen molar-refractivity contribution in [3.63, 3.8) is 0 Å². The van der Waals surface area contributed by atoms with Gasteiger partial charge in [-0.2, -0.15) is 5.26 Å². The van der Waals surface area contributed by atoms with Crippen molar-refractivity contribution >= 4 is 5.91 Å². The Morgan fingerprint density at radius 2 is 1.59 bits per heavy atom. The van der Waals surface area contributed by atoms with Crippen molar-refractivity contribution in [2.45, 2.75) is 57.7 Å². The molecule has 2 N–H and O–H groups in total. The molecule has 1 heterocycles. The average Bonchev–Trinajstić information content (AvgIpc) is 2.78. The van der Waals surface area contributed by atoms with E-state index in [1.165, 1.54) is 0 Å². The van der Waals surface area contributed by atoms with Crippen molar-refractivity contribution in [1.29, 1.82) is 5.26 Å². The summed E-state index contributed by atoms with van der Waals surface area (Å²) in [6.45, 7) is 8.69. The lowest BCUT2D eigenvalue weighted by atomic mass is 9.79. The molecule has 3 aromatic rings. The molecule has 5 heteroatoms. The molecule has 0 saturated carbocycles. The number of hydrogen-bond donors (Lipinski definition) is 2. The van der Waals surface area contributed by atoms with Gasteiger partial charge in [0.2, 0.25) is 0 Å². The number of para-hydroxylation sites is 1. The number of ether oxygens (including phenoxy) is 1. The summed E-state index contributed by atoms with van der Waals surface area (Å²) in [5, 5.41) is 16.3. The van der Waals surface area contributed by atoms with Crippen molar-refractivity contribution in [2.24, 2.45) is 0 Å². The predicted octanol–water partition coefficient (Wildman–Crippen LogP) is 6.06. The van der Waals surface area contributed by atoms with Gasteiger partial charge < -0.3 is 15.4 Å². The zero-order chi connectivity index (χ0) is 24.3. The van der Waals surface area contributed by atoms with E-state index in [-0.39, 0.29) is 23.0 Å². The van der Waals surface area contributed by atoms with Crippen LogP contribution in [0.2, 0.25) is 0 Å². The summed E-state index contributed by atoms with van der Waals surface area (Å²) in [6.07, 6.45) is 1.72. The molecule has 0 bridgehead atoms. The van der Waals surface area contributed by atoms with E-state index >= 15 is 0 Å². The van der Waals surface area contributed by atoms with Crippen LogP contribution in [0.1, 0.15) is 56.5 Å². The van der Waals surface area contributed by atoms with Gasteiger partial charge in [-0.1, -0.05) is 42.5 Å². The smallest absolute Gasteiger partial charge is 0.251 e. The molecular formula is C29H31N3O2. The highest BCUT2D eigenvalue weighted by atomic mass is 16.5. The molecule has 0 atom stereocenters. The highest BCUT2D eigenvalue weighted by molar-refractivity contribution is 5.96. The van der Waals surface area contributed by atoms with Crippen LogP contribution in [0.4, 0.5) is 0 Å². The van der Waals surface area contributed by atoms with Gasteiger partial charge in [-0.3, -0.25) is 4.79 Å². The predicted molar refractivity (Wildman–Crippen MR) is 135 cm³/mol. The lowest BCUT2D eigenvalue weighted by Gasteiger charge is -2.46. The molecule has 1 fully saturated rings. The number of hydrogen-bond acceptors (Lipinski definition) is 4. The second-order valence-corrected chi connectivity index (χ2v) is 10.3. The summed E-state index contributed by atoms with van der Waals surface area (Å²) in [5.74, 6) is 0.979. The Morgan fingerprint density at radius 1 is 0.941 bits per heavy atom. The van der Waals surface area contributed by atoms with E-state index in [2.05, 4.69) is 44.4 Å². The number of benzene rings is 3. The van der Waals surface area contributed by atoms with Crippen molar-refractivity contribution in [1.82, 2.24) is 10.6 Å². The van der Waals surface area contributed by atoms with Crippen LogP contribution in [0.25, 0.3) is 11.1 Å². The zero-order valence-electron chi connectivity index (χ0n) is 20.2. The molecule has 5 nitrogen and oxygen atoms in total. The van der Waals surface area contributed by atoms with E-state index in [1.807, 2.05) is 48.5 Å². The number of amides is 1. The SMILES string of the molecule is CC1(C)CC(NC(=O)c2ccc(Oc3ccccc3C#N)c(-c3ccccc3)c2)CC(C)(C)N1. The van der Waals surface area contributed by atoms with E-state index in [9.17, 15) is 10.1 Å². The van der Waals surface area contributed by atoms with Gasteiger partial charge in [0.25, 0.3) is 5.91 Å². The quantitative estimate of drug-likeness (QED) is 0.493. The van der Waals surface area contributed by atoms with Crippen molar-refractivity contribution < 1.29 is 9.53 Å². The van der Waals surface area contributed by atoms with Gasteiger partial charge in [-0.05, 0) is 76.4 Å². The first kappa shape index (κ1) is 23.5. The highest BCUT2D eigenvalue weighted by Gasteiger charge is 2.38. The fourth-order valence-electron chi connectivity index (χ4n) is 5.06. The monoisotopic (exact) mass is 453 g/mol. The van der Waals surface area contributed by atoms with Crippen LogP contribution in [0, 0.1) is 11.3 Å². The highest BCUT2D eigenvalue weighted by Crippen LogP contribution is 2.36. The topological polar surface area (TPSA) is 74.1 Å². The molecule has 34 heavy (non-hydrogen) atoms. The van der Waals surface area contributed by atoms with Crippen LogP contribution in [-0.4, -0.2) is 23.0 Å². The van der Waals surface area contributed by atoms with Gasteiger partial charge in [0.1, 0.15) is 17.6 Å². The fourth-order valence-corrected chi connectivity index (χ4v) is 5.06. The molecule has 3 aromatic carbocycles. The third kappa shape index (κ3) is 5.47. The maximum atomic E-state index is 13.3. The molecule has 0 aliphatic carbocycles. The minimum Gasteiger partial charge on any atom is -0.455 e. The fraction of sp³-hybridized carbons (Fsp3) is 0.310. The van der Waals surface area contributed by atoms with E-state index in [1.54, 1.807) is 24.3 Å². The number of nitrogens with zero attached hydrogens (tertiary/aromatic N) is 1. The van der Waals surface area contributed by atoms with Gasteiger partial charge in [-0.15, -0.1) is 0 Å². The second kappa shape index (κ2) is 9.32. The number of nitriles is 1. The third-order valence-corrected chi connectivity index (χ3v) is 6.08. The molecule has 0 aromatic heterocycles. The van der Waals surface area contributed by atoms with E-state index in [0.717, 1.165) is 24.0 Å². The van der Waals surface area contributed by atoms with Gasteiger partial charge in [-0.25, -0.2) is 0 Å². The first-order valence-electron chi connectivity index (χ1n) is 11.6. The van der Waals surface area contributed by atoms with Crippen molar-refractivity contribution in [3.8, 4) is 28.7 Å². The van der Waals surface area contributed by atoms with Crippen LogP contribution in [0.5, 0.6) is 11.5 Å². The Hall–Kier alpha value is -3.62. The standard InChI is InChI=1S/C29H31N3O2/c1-28(2)17-23(18-29(3,4)32-28)31-27(33)21-14-15-26(24(16-21)20-10-6-5-7-11-20)34-25-13-9-8-12-22(25)19-30/h5-16,23,32H,17-18H2,1-4H3,(H,31,33). The first-order valence-corrected chi connectivity index (χ1v) is 11.6. The van der Waals surface area contributed by atoms with Crippen molar-refractivity contribution in [2.75, 3.05) is 0 Å². The number of carbonyl (C=O) groups is 1. The minimum atomic E-state index is -0.0975. The second-order valence-electron chi connectivity index (χ2n) is 10.3. The summed E-state index contributed by atoms with van der Waals surface area (Å²) < 4.78 is 6.16. The Labute approximate surface area is 201 Å². The summed E-state index contributed by atoms with van der Waals surface area (Å²) in [6, 6.07) is 24.7. The zero-order valence-corrected chi connectivity index (χ0v) is 20.2. The Morgan fingerprint density at radius 3 is 2.26 bits per heavy atom. The lowest BCUT2D eigenvalue weighted by molar-refractivity contribution is 0.0873. The van der Waals surface area contributed by atoms with Gasteiger partial charge in [0, 0.05) is 28.2 Å². The third-order valence-electron chi connectivity index (χ3n) is 6.08. The molecule has 0 unspecified atom stereocenters. The van der Waals surface area contributed by atoms with E-state index < -0.39 is 0 Å². The molecule has 0 radical (unpaired) electrons. The van der Waals surface area contributed by atoms with Crippen LogP contribution in [-0.2, 0) is 0 Å². The lowest BCUT2D eigenvalue weighted by Crippen LogP contribution is -2.62. The number of carbonyl (C=O) groups excluding carboxylic acids is 1. The molecule has 4 rings (SSSR count). The van der Waals surface area contributed by atoms with Gasteiger partial charge in [0.05, 0.1) is 5.56 Å². The molecule has 1 aliphatic rings. The molecule has 1 saturated heterocycles. The maximum absolute atomic E-state index is 13.3. The van der Waals surface area contributed by atoms with Crippen LogP contribution in [0.15, 0.2) is 72.8 Å².